The van der Waals surface area contributed by atoms with Gasteiger partial charge in [-0.3, -0.25) is 14.4 Å². The summed E-state index contributed by atoms with van der Waals surface area (Å²) in [4.78, 5) is 38.1. The number of esters is 3. The zero-order valence-corrected chi connectivity index (χ0v) is 45.4. The lowest BCUT2D eigenvalue weighted by atomic mass is 10.1. The minimum absolute atomic E-state index is 0.133. The van der Waals surface area contributed by atoms with E-state index in [0.29, 0.717) is 19.3 Å². The Morgan fingerprint density at radius 3 is 0.986 bits per heavy atom. The van der Waals surface area contributed by atoms with Crippen LogP contribution in [0.2, 0.25) is 0 Å². The Bertz CT molecular complexity index is 1590. The number of allylic oxidation sites excluding steroid dienone is 24. The molecule has 71 heavy (non-hydrogen) atoms. The highest BCUT2D eigenvalue weighted by atomic mass is 16.6. The highest BCUT2D eigenvalue weighted by Gasteiger charge is 2.19. The predicted octanol–water partition coefficient (Wildman–Crippen LogP) is 19.2. The van der Waals surface area contributed by atoms with E-state index < -0.39 is 12.1 Å². The molecule has 0 aromatic rings. The first-order chi connectivity index (χ1) is 35.0. The largest absolute Gasteiger partial charge is 0.462 e. The van der Waals surface area contributed by atoms with Gasteiger partial charge in [0.1, 0.15) is 13.2 Å². The van der Waals surface area contributed by atoms with Gasteiger partial charge in [-0.15, -0.1) is 0 Å². The van der Waals surface area contributed by atoms with Gasteiger partial charge >= 0.3 is 17.9 Å². The Hall–Kier alpha value is -4.71. The summed E-state index contributed by atoms with van der Waals surface area (Å²) in [5.41, 5.74) is 0. The summed E-state index contributed by atoms with van der Waals surface area (Å²) in [5.74, 6) is -1.09. The van der Waals surface area contributed by atoms with E-state index in [1.165, 1.54) is 77.0 Å². The Morgan fingerprint density at radius 1 is 0.296 bits per heavy atom. The van der Waals surface area contributed by atoms with Crippen molar-refractivity contribution in [2.45, 2.75) is 232 Å². The quantitative estimate of drug-likeness (QED) is 0.0262. The summed E-state index contributed by atoms with van der Waals surface area (Å²) >= 11 is 0. The first kappa shape index (κ1) is 66.3. The fourth-order valence-corrected chi connectivity index (χ4v) is 7.08. The Labute approximate surface area is 436 Å². The van der Waals surface area contributed by atoms with Gasteiger partial charge in [0.25, 0.3) is 0 Å². The van der Waals surface area contributed by atoms with Crippen molar-refractivity contribution in [1.82, 2.24) is 0 Å². The molecule has 6 heteroatoms. The lowest BCUT2D eigenvalue weighted by Gasteiger charge is -2.18. The molecule has 0 fully saturated rings. The number of carbonyl (C=O) groups excluding carboxylic acids is 3. The molecule has 0 bridgehead atoms. The predicted molar refractivity (Wildman–Crippen MR) is 306 cm³/mol. The Kier molecular flexibility index (Phi) is 54.0. The van der Waals surface area contributed by atoms with E-state index in [2.05, 4.69) is 154 Å². The van der Waals surface area contributed by atoms with E-state index in [4.69, 9.17) is 14.2 Å². The van der Waals surface area contributed by atoms with Crippen LogP contribution in [0, 0.1) is 0 Å². The molecule has 6 nitrogen and oxygen atoms in total. The van der Waals surface area contributed by atoms with Crippen LogP contribution >= 0.6 is 0 Å². The molecular weight excluding hydrogens is 877 g/mol. The average molecular weight is 980 g/mol. The SMILES string of the molecule is CC/C=C\C/C=C\C/C=C\C/C=C\C/C=C\C/C=C\CCC(=O)OCC(COC(=O)CCCCCCCCC/C=C\C/C=C\CCCCC)OC(=O)CCC/C=C\C/C=C\C/C=C\C/C=C\CCCCC. The van der Waals surface area contributed by atoms with Gasteiger partial charge in [0.05, 0.1) is 0 Å². The van der Waals surface area contributed by atoms with Crippen LogP contribution in [-0.2, 0) is 28.6 Å². The second-order valence-corrected chi connectivity index (χ2v) is 18.1. The van der Waals surface area contributed by atoms with E-state index in [1.54, 1.807) is 0 Å². The second kappa shape index (κ2) is 57.9. The number of rotatable bonds is 49. The van der Waals surface area contributed by atoms with Crippen molar-refractivity contribution in [3.05, 3.63) is 146 Å². The molecule has 1 atom stereocenters. The molecular formula is C65H102O6. The zero-order valence-electron chi connectivity index (χ0n) is 45.4. The standard InChI is InChI=1S/C65H102O6/c1-4-7-10-13-16-19-22-25-28-31-32-35-37-40-43-46-49-52-55-58-64(67)70-61-62(71-65(68)59-56-53-50-47-44-41-38-34-30-27-24-21-18-15-12-9-6-3)60-69-63(66)57-54-51-48-45-42-39-36-33-29-26-23-20-17-14-11-8-5-2/h7,10,16-21,25-30,32,35,38,40-41,43,47,49-50,52,62H,4-6,8-9,11-15,22-24,31,33-34,36-37,39,42,44-46,48,51,53-61H2,1-3H3/b10-7-,19-16-,20-17-,21-18-,28-25-,29-26-,30-27-,35-32-,41-38-,43-40-,50-47-,52-49-. The first-order valence-corrected chi connectivity index (χ1v) is 28.3. The van der Waals surface area contributed by atoms with E-state index in [9.17, 15) is 14.4 Å². The lowest BCUT2D eigenvalue weighted by molar-refractivity contribution is -0.166. The summed E-state index contributed by atoms with van der Waals surface area (Å²) in [6.45, 7) is 6.34. The van der Waals surface area contributed by atoms with Gasteiger partial charge in [-0.2, -0.15) is 0 Å². The minimum Gasteiger partial charge on any atom is -0.462 e. The molecule has 0 aromatic heterocycles. The van der Waals surface area contributed by atoms with E-state index >= 15 is 0 Å². The van der Waals surface area contributed by atoms with Crippen LogP contribution in [0.3, 0.4) is 0 Å². The van der Waals surface area contributed by atoms with Crippen molar-refractivity contribution >= 4 is 17.9 Å². The van der Waals surface area contributed by atoms with Crippen LogP contribution in [0.5, 0.6) is 0 Å². The molecule has 0 aliphatic carbocycles. The normalized spacial score (nSPS) is 13.2. The summed E-state index contributed by atoms with van der Waals surface area (Å²) in [6, 6.07) is 0. The molecule has 398 valence electrons. The maximum absolute atomic E-state index is 12.8. The third kappa shape index (κ3) is 56.1. The summed E-state index contributed by atoms with van der Waals surface area (Å²) in [6.07, 6.45) is 82.8. The summed E-state index contributed by atoms with van der Waals surface area (Å²) < 4.78 is 16.7. The maximum Gasteiger partial charge on any atom is 0.306 e. The molecule has 0 aliphatic heterocycles. The van der Waals surface area contributed by atoms with Gasteiger partial charge < -0.3 is 14.2 Å². The van der Waals surface area contributed by atoms with Crippen molar-refractivity contribution in [2.24, 2.45) is 0 Å². The molecule has 0 spiro atoms. The topological polar surface area (TPSA) is 78.9 Å². The number of unbranched alkanes of at least 4 members (excludes halogenated alkanes) is 14. The second-order valence-electron chi connectivity index (χ2n) is 18.1. The first-order valence-electron chi connectivity index (χ1n) is 28.3. The van der Waals surface area contributed by atoms with E-state index in [1.807, 2.05) is 12.2 Å². The van der Waals surface area contributed by atoms with E-state index in [-0.39, 0.29) is 38.0 Å². The monoisotopic (exact) mass is 979 g/mol. The highest BCUT2D eigenvalue weighted by molar-refractivity contribution is 5.71. The molecule has 0 aliphatic rings. The van der Waals surface area contributed by atoms with Gasteiger partial charge in [0.15, 0.2) is 6.10 Å². The van der Waals surface area contributed by atoms with E-state index in [0.717, 1.165) is 96.3 Å². The van der Waals surface area contributed by atoms with Crippen LogP contribution < -0.4 is 0 Å². The van der Waals surface area contributed by atoms with Crippen molar-refractivity contribution in [2.75, 3.05) is 13.2 Å². The molecule has 0 amide bonds. The molecule has 0 aromatic carbocycles. The van der Waals surface area contributed by atoms with Gasteiger partial charge in [-0.05, 0) is 128 Å². The van der Waals surface area contributed by atoms with Gasteiger partial charge in [0, 0.05) is 19.3 Å². The Balaban J connectivity index is 4.63. The minimum atomic E-state index is -0.848. The molecule has 0 saturated carbocycles. The van der Waals surface area contributed by atoms with Crippen LogP contribution in [0.1, 0.15) is 226 Å². The van der Waals surface area contributed by atoms with Crippen molar-refractivity contribution in [3.63, 3.8) is 0 Å². The third-order valence-electron chi connectivity index (χ3n) is 11.3. The molecule has 0 rings (SSSR count). The third-order valence-corrected chi connectivity index (χ3v) is 11.3. The zero-order chi connectivity index (χ0) is 51.4. The number of hydrogen-bond donors (Lipinski definition) is 0. The van der Waals surface area contributed by atoms with Crippen LogP contribution in [0.25, 0.3) is 0 Å². The maximum atomic E-state index is 12.8. The molecule has 1 unspecified atom stereocenters. The number of carbonyl (C=O) groups is 3. The van der Waals surface area contributed by atoms with Crippen LogP contribution in [0.15, 0.2) is 146 Å². The molecule has 0 N–H and O–H groups in total. The van der Waals surface area contributed by atoms with Crippen molar-refractivity contribution in [1.29, 1.82) is 0 Å². The van der Waals surface area contributed by atoms with Gasteiger partial charge in [0.2, 0.25) is 0 Å². The fourth-order valence-electron chi connectivity index (χ4n) is 7.08. The van der Waals surface area contributed by atoms with Crippen LogP contribution in [0.4, 0.5) is 0 Å². The fraction of sp³-hybridized carbons (Fsp3) is 0.585. The molecule has 0 saturated heterocycles. The van der Waals surface area contributed by atoms with Crippen molar-refractivity contribution in [3.8, 4) is 0 Å². The Morgan fingerprint density at radius 2 is 0.592 bits per heavy atom. The van der Waals surface area contributed by atoms with Gasteiger partial charge in [-0.25, -0.2) is 0 Å². The molecule has 0 radical (unpaired) electrons. The summed E-state index contributed by atoms with van der Waals surface area (Å²) in [5, 5.41) is 0. The average Bonchev–Trinajstić information content (AvgIpc) is 3.37. The van der Waals surface area contributed by atoms with Gasteiger partial charge in [-0.1, -0.05) is 224 Å². The highest BCUT2D eigenvalue weighted by Crippen LogP contribution is 2.12. The number of ether oxygens (including phenoxy) is 3. The number of hydrogen-bond acceptors (Lipinski definition) is 6. The van der Waals surface area contributed by atoms with Crippen molar-refractivity contribution < 1.29 is 28.6 Å². The molecule has 0 heterocycles. The lowest BCUT2D eigenvalue weighted by Crippen LogP contribution is -2.30. The smallest absolute Gasteiger partial charge is 0.306 e. The summed E-state index contributed by atoms with van der Waals surface area (Å²) in [7, 11) is 0. The van der Waals surface area contributed by atoms with Crippen LogP contribution in [-0.4, -0.2) is 37.2 Å².